The Morgan fingerprint density at radius 1 is 1.02 bits per heavy atom. The van der Waals surface area contributed by atoms with Gasteiger partial charge in [0, 0.05) is 30.5 Å². The highest BCUT2D eigenvalue weighted by atomic mass is 79.9. The lowest BCUT2D eigenvalue weighted by molar-refractivity contribution is -0.142. The number of hydrogen-bond donors (Lipinski definition) is 4. The number of likely N-dealkylation sites (tertiary alicyclic amines) is 1. The molecule has 2 aliphatic rings. The number of nitrogens with zero attached hydrogens (tertiary/aromatic N) is 2. The molecule has 0 aromatic heterocycles. The van der Waals surface area contributed by atoms with Crippen LogP contribution in [0.5, 0.6) is 0 Å². The number of methoxy groups -OCH3 is 1. The lowest BCUT2D eigenvalue weighted by Crippen LogP contribution is -2.57. The zero-order chi connectivity index (χ0) is 34.6. The summed E-state index contributed by atoms with van der Waals surface area (Å²) >= 11 is 3.47. The first kappa shape index (κ1) is 35.5. The molecule has 1 saturated heterocycles. The summed E-state index contributed by atoms with van der Waals surface area (Å²) in [5.74, 6) is -0.665. The summed E-state index contributed by atoms with van der Waals surface area (Å²) in [5, 5.41) is 27.4. The van der Waals surface area contributed by atoms with E-state index in [0.717, 1.165) is 26.7 Å². The Morgan fingerprint density at radius 3 is 2.35 bits per heavy atom. The minimum absolute atomic E-state index is 0.0793. The van der Waals surface area contributed by atoms with E-state index in [4.69, 9.17) is 4.74 Å². The van der Waals surface area contributed by atoms with E-state index in [-0.39, 0.29) is 31.8 Å². The summed E-state index contributed by atoms with van der Waals surface area (Å²) in [7, 11) is 1.25. The number of fused-ring (bicyclic) bond motifs is 1. The van der Waals surface area contributed by atoms with E-state index < -0.39 is 47.1 Å². The number of carbonyl (C=O) groups is 3. The van der Waals surface area contributed by atoms with Gasteiger partial charge in [-0.15, -0.1) is 0 Å². The Kier molecular flexibility index (Phi) is 10.9. The van der Waals surface area contributed by atoms with Crippen molar-refractivity contribution in [3.63, 3.8) is 0 Å². The van der Waals surface area contributed by atoms with Gasteiger partial charge < -0.3 is 25.2 Å². The van der Waals surface area contributed by atoms with E-state index in [9.17, 15) is 24.6 Å². The van der Waals surface area contributed by atoms with Crippen LogP contribution in [0.15, 0.2) is 83.3 Å². The molecule has 5 atom stereocenters. The number of halogens is 1. The largest absolute Gasteiger partial charge is 0.453 e. The third-order valence-corrected chi connectivity index (χ3v) is 10.0. The molecular formula is C37H45BrN4O6. The smallest absolute Gasteiger partial charge is 0.407 e. The van der Waals surface area contributed by atoms with Crippen molar-refractivity contribution in [1.82, 2.24) is 20.7 Å². The standard InChI is InChI=1S/C37H45BrN4O6/c1-36(2,3)32(39-35(47)48-4)33(45)40-41(22-25-14-16-27(38)17-15-25)19-18-37(21-24-10-6-5-7-11-24)30(44)23-42(34(37)46)31-28-13-9-8-12-26(28)20-29(31)43/h5-17,29-32,43-44H,18-23H2,1-4H3,(H,39,47)(H,40,45)/t29-,30+,31+,32-,37-/m1/s1. The molecule has 1 aliphatic carbocycles. The van der Waals surface area contributed by atoms with E-state index in [2.05, 4.69) is 26.7 Å². The van der Waals surface area contributed by atoms with Crippen molar-refractivity contribution in [1.29, 1.82) is 0 Å². The fourth-order valence-corrected chi connectivity index (χ4v) is 7.21. The first-order valence-corrected chi connectivity index (χ1v) is 17.0. The van der Waals surface area contributed by atoms with Gasteiger partial charge in [-0.05, 0) is 52.6 Å². The maximum Gasteiger partial charge on any atom is 0.407 e. The van der Waals surface area contributed by atoms with Crippen LogP contribution in [-0.4, -0.2) is 76.5 Å². The third kappa shape index (κ3) is 7.75. The highest BCUT2D eigenvalue weighted by molar-refractivity contribution is 9.10. The van der Waals surface area contributed by atoms with Crippen molar-refractivity contribution in [3.05, 3.63) is 106 Å². The van der Waals surface area contributed by atoms with Crippen molar-refractivity contribution < 1.29 is 29.3 Å². The SMILES string of the molecule is COC(=O)N[C@H](C(=O)NN(CC[C@]1(Cc2ccccc2)C(=O)N([C@H]2c3ccccc3C[C@H]2O)C[C@@H]1O)Cc1ccc(Br)cc1)C(C)(C)C. The molecule has 1 heterocycles. The maximum absolute atomic E-state index is 14.7. The van der Waals surface area contributed by atoms with E-state index >= 15 is 0 Å². The summed E-state index contributed by atoms with van der Waals surface area (Å²) in [6.07, 6.45) is -1.60. The molecule has 5 rings (SSSR count). The van der Waals surface area contributed by atoms with Gasteiger partial charge in [0.05, 0.1) is 30.8 Å². The zero-order valence-electron chi connectivity index (χ0n) is 27.9. The lowest BCUT2D eigenvalue weighted by Gasteiger charge is -2.36. The molecule has 10 nitrogen and oxygen atoms in total. The Bertz CT molecular complexity index is 1600. The van der Waals surface area contributed by atoms with Crippen LogP contribution in [0.2, 0.25) is 0 Å². The maximum atomic E-state index is 14.7. The highest BCUT2D eigenvalue weighted by Gasteiger charge is 2.56. The molecule has 0 radical (unpaired) electrons. The molecular weight excluding hydrogens is 676 g/mol. The topological polar surface area (TPSA) is 131 Å². The first-order chi connectivity index (χ1) is 22.8. The van der Waals surface area contributed by atoms with Gasteiger partial charge in [-0.3, -0.25) is 15.0 Å². The number of nitrogens with one attached hydrogen (secondary N) is 2. The zero-order valence-corrected chi connectivity index (χ0v) is 29.4. The summed E-state index contributed by atoms with van der Waals surface area (Å²) in [6, 6.07) is 23.6. The Morgan fingerprint density at radius 2 is 1.69 bits per heavy atom. The van der Waals surface area contributed by atoms with Gasteiger partial charge in [-0.1, -0.05) is 103 Å². The van der Waals surface area contributed by atoms with Gasteiger partial charge in [-0.25, -0.2) is 9.80 Å². The molecule has 1 fully saturated rings. The van der Waals surface area contributed by atoms with E-state index in [1.807, 2.05) is 99.6 Å². The number of hydrazine groups is 1. The van der Waals surface area contributed by atoms with Crippen LogP contribution in [0.3, 0.4) is 0 Å². The van der Waals surface area contributed by atoms with Gasteiger partial charge in [-0.2, -0.15) is 0 Å². The number of ether oxygens (including phenoxy) is 1. The number of rotatable bonds is 11. The molecule has 1 aliphatic heterocycles. The number of carbonyl (C=O) groups excluding carboxylic acids is 3. The summed E-state index contributed by atoms with van der Waals surface area (Å²) in [6.45, 7) is 6.13. The van der Waals surface area contributed by atoms with Crippen LogP contribution in [0.4, 0.5) is 4.79 Å². The van der Waals surface area contributed by atoms with E-state index in [1.54, 1.807) is 9.91 Å². The minimum atomic E-state index is -1.23. The van der Waals surface area contributed by atoms with Crippen LogP contribution < -0.4 is 10.7 Å². The van der Waals surface area contributed by atoms with Crippen molar-refractivity contribution >= 4 is 33.8 Å². The predicted octanol–water partition coefficient (Wildman–Crippen LogP) is 4.53. The molecule has 4 N–H and O–H groups in total. The van der Waals surface area contributed by atoms with Crippen molar-refractivity contribution in [2.75, 3.05) is 20.2 Å². The monoisotopic (exact) mass is 720 g/mol. The second kappa shape index (κ2) is 14.8. The third-order valence-electron chi connectivity index (χ3n) is 9.52. The van der Waals surface area contributed by atoms with Crippen LogP contribution >= 0.6 is 15.9 Å². The second-order valence-corrected chi connectivity index (χ2v) is 14.8. The number of amides is 3. The molecule has 3 aromatic carbocycles. The van der Waals surface area contributed by atoms with Gasteiger partial charge in [0.2, 0.25) is 5.91 Å². The quantitative estimate of drug-likeness (QED) is 0.214. The van der Waals surface area contributed by atoms with Gasteiger partial charge in [0.25, 0.3) is 5.91 Å². The van der Waals surface area contributed by atoms with Gasteiger partial charge in [0.15, 0.2) is 0 Å². The molecule has 0 unspecified atom stereocenters. The minimum Gasteiger partial charge on any atom is -0.453 e. The normalized spacial score (nSPS) is 22.8. The second-order valence-electron chi connectivity index (χ2n) is 13.9. The van der Waals surface area contributed by atoms with Crippen LogP contribution in [-0.2, 0) is 33.7 Å². The van der Waals surface area contributed by atoms with Crippen LogP contribution in [0.25, 0.3) is 0 Å². The predicted molar refractivity (Wildman–Crippen MR) is 185 cm³/mol. The fourth-order valence-electron chi connectivity index (χ4n) is 6.95. The molecule has 0 bridgehead atoms. The van der Waals surface area contributed by atoms with Crippen molar-refractivity contribution in [3.8, 4) is 0 Å². The lowest BCUT2D eigenvalue weighted by atomic mass is 9.75. The molecule has 256 valence electrons. The van der Waals surface area contributed by atoms with Crippen molar-refractivity contribution in [2.45, 2.75) is 70.9 Å². The number of benzene rings is 3. The summed E-state index contributed by atoms with van der Waals surface area (Å²) in [5.41, 5.74) is 4.84. The van der Waals surface area contributed by atoms with Gasteiger partial charge >= 0.3 is 6.09 Å². The molecule has 3 aromatic rings. The highest BCUT2D eigenvalue weighted by Crippen LogP contribution is 2.46. The molecule has 0 spiro atoms. The molecule has 0 saturated carbocycles. The number of aliphatic hydroxyl groups is 2. The Hall–Kier alpha value is -3.77. The number of β-amino-alcohol motifs (C(OH)–C–C–N with tert-alkyl or cyclic N) is 1. The average Bonchev–Trinajstić information content (AvgIpc) is 3.50. The average molecular weight is 722 g/mol. The summed E-state index contributed by atoms with van der Waals surface area (Å²) in [4.78, 5) is 42.3. The van der Waals surface area contributed by atoms with Crippen LogP contribution in [0.1, 0.15) is 55.5 Å². The molecule has 3 amide bonds. The first-order valence-electron chi connectivity index (χ1n) is 16.3. The summed E-state index contributed by atoms with van der Waals surface area (Å²) < 4.78 is 5.70. The Labute approximate surface area is 290 Å². The number of hydrogen-bond acceptors (Lipinski definition) is 7. The number of aliphatic hydroxyl groups excluding tert-OH is 2. The fraction of sp³-hybridized carbons (Fsp3) is 0.432. The van der Waals surface area contributed by atoms with E-state index in [0.29, 0.717) is 13.0 Å². The number of alkyl carbamates (subject to hydrolysis) is 1. The van der Waals surface area contributed by atoms with Crippen molar-refractivity contribution in [2.24, 2.45) is 10.8 Å². The Balaban J connectivity index is 1.46. The van der Waals surface area contributed by atoms with E-state index in [1.165, 1.54) is 7.11 Å². The van der Waals surface area contributed by atoms with Crippen LogP contribution in [0, 0.1) is 10.8 Å². The molecule has 11 heteroatoms. The molecule has 48 heavy (non-hydrogen) atoms. The van der Waals surface area contributed by atoms with Gasteiger partial charge in [0.1, 0.15) is 6.04 Å².